The Hall–Kier alpha value is -1.63. The van der Waals surface area contributed by atoms with Crippen LogP contribution in [-0.4, -0.2) is 59.4 Å². The molecule has 1 fully saturated rings. The van der Waals surface area contributed by atoms with Crippen molar-refractivity contribution < 1.29 is 14.6 Å². The molecule has 0 amide bonds. The lowest BCUT2D eigenvalue weighted by Crippen LogP contribution is -2.38. The van der Waals surface area contributed by atoms with Crippen molar-refractivity contribution in [3.63, 3.8) is 0 Å². The molecule has 2 aromatic rings. The molecule has 130 valence electrons. The number of aromatic nitrogens is 2. The number of aliphatic hydroxyl groups is 1. The van der Waals surface area contributed by atoms with E-state index in [0.29, 0.717) is 34.1 Å². The maximum Gasteiger partial charge on any atom is 0.163 e. The zero-order chi connectivity index (χ0) is 16.9. The van der Waals surface area contributed by atoms with Gasteiger partial charge in [-0.15, -0.1) is 0 Å². The van der Waals surface area contributed by atoms with Crippen LogP contribution < -0.4 is 9.47 Å². The van der Waals surface area contributed by atoms with E-state index in [9.17, 15) is 5.11 Å². The van der Waals surface area contributed by atoms with Gasteiger partial charge in [0.15, 0.2) is 11.5 Å². The first-order valence-electron chi connectivity index (χ1n) is 8.19. The van der Waals surface area contributed by atoms with Crippen molar-refractivity contribution in [1.29, 1.82) is 0 Å². The molecule has 0 saturated carbocycles. The predicted molar refractivity (Wildman–Crippen MR) is 92.9 cm³/mol. The zero-order valence-corrected chi connectivity index (χ0v) is 14.5. The molecule has 1 aliphatic heterocycles. The van der Waals surface area contributed by atoms with Crippen LogP contribution >= 0.6 is 11.6 Å². The first-order chi connectivity index (χ1) is 11.7. The normalized spacial score (nSPS) is 17.0. The molecule has 0 aliphatic carbocycles. The molecule has 1 aromatic heterocycles. The molecule has 0 radical (unpaired) electrons. The van der Waals surface area contributed by atoms with E-state index in [-0.39, 0.29) is 6.61 Å². The Balaban J connectivity index is 1.67. The molecule has 0 spiro atoms. The molecule has 0 bridgehead atoms. The lowest BCUT2D eigenvalue weighted by Gasteiger charge is -2.28. The second-order valence-corrected chi connectivity index (χ2v) is 6.37. The second kappa shape index (κ2) is 7.96. The van der Waals surface area contributed by atoms with Crippen LogP contribution in [0.2, 0.25) is 5.15 Å². The first-order valence-corrected chi connectivity index (χ1v) is 8.56. The zero-order valence-electron chi connectivity index (χ0n) is 13.7. The van der Waals surface area contributed by atoms with Crippen molar-refractivity contribution in [2.45, 2.75) is 25.4 Å². The summed E-state index contributed by atoms with van der Waals surface area (Å²) in [5, 5.41) is 11.3. The monoisotopic (exact) mass is 351 g/mol. The smallest absolute Gasteiger partial charge is 0.163 e. The van der Waals surface area contributed by atoms with Crippen LogP contribution in [0.5, 0.6) is 11.5 Å². The van der Waals surface area contributed by atoms with Gasteiger partial charge in [-0.2, -0.15) is 0 Å². The van der Waals surface area contributed by atoms with Gasteiger partial charge in [-0.1, -0.05) is 18.0 Å². The van der Waals surface area contributed by atoms with Crippen LogP contribution in [0, 0.1) is 0 Å². The summed E-state index contributed by atoms with van der Waals surface area (Å²) in [5.41, 5.74) is 0.677. The number of ether oxygens (including phenoxy) is 2. The van der Waals surface area contributed by atoms with Crippen molar-refractivity contribution in [2.75, 3.05) is 33.4 Å². The number of β-amino-alcohol motifs (C(OH)–C–C–N with tert-alkyl or cyclic N) is 1. The summed E-state index contributed by atoms with van der Waals surface area (Å²) in [6.07, 6.45) is 4.55. The van der Waals surface area contributed by atoms with E-state index in [0.717, 1.165) is 13.1 Å². The average molecular weight is 352 g/mol. The fourth-order valence-electron chi connectivity index (χ4n) is 2.98. The molecule has 6 nitrogen and oxygen atoms in total. The molecule has 1 unspecified atom stereocenters. The highest BCUT2D eigenvalue weighted by Crippen LogP contribution is 2.33. The fourth-order valence-corrected chi connectivity index (χ4v) is 3.18. The Morgan fingerprint density at radius 2 is 2.00 bits per heavy atom. The number of aliphatic hydroxyl groups excluding tert-OH is 1. The largest absolute Gasteiger partial charge is 0.493 e. The van der Waals surface area contributed by atoms with Crippen LogP contribution in [0.4, 0.5) is 0 Å². The third-order valence-electron chi connectivity index (χ3n) is 4.22. The average Bonchev–Trinajstić information content (AvgIpc) is 2.60. The highest BCUT2D eigenvalue weighted by Gasteiger charge is 2.16. The van der Waals surface area contributed by atoms with Crippen LogP contribution in [0.15, 0.2) is 18.5 Å². The summed E-state index contributed by atoms with van der Waals surface area (Å²) in [6.45, 7) is 2.93. The molecule has 1 aliphatic rings. The maximum absolute atomic E-state index is 10.2. The van der Waals surface area contributed by atoms with Gasteiger partial charge in [-0.05, 0) is 32.0 Å². The van der Waals surface area contributed by atoms with Gasteiger partial charge in [0.25, 0.3) is 0 Å². The van der Waals surface area contributed by atoms with Crippen LogP contribution in [0.1, 0.15) is 19.3 Å². The fraction of sp³-hybridized carbons (Fsp3) is 0.529. The molecule has 2 heterocycles. The summed E-state index contributed by atoms with van der Waals surface area (Å²) in [4.78, 5) is 10.4. The van der Waals surface area contributed by atoms with Gasteiger partial charge in [-0.25, -0.2) is 9.97 Å². The molecule has 1 saturated heterocycles. The molecule has 24 heavy (non-hydrogen) atoms. The van der Waals surface area contributed by atoms with Gasteiger partial charge >= 0.3 is 0 Å². The van der Waals surface area contributed by atoms with E-state index in [1.54, 1.807) is 19.2 Å². The van der Waals surface area contributed by atoms with E-state index in [1.165, 1.54) is 25.6 Å². The minimum absolute atomic E-state index is 0.206. The minimum atomic E-state index is -0.544. The molecule has 1 aromatic carbocycles. The van der Waals surface area contributed by atoms with Crippen molar-refractivity contribution in [2.24, 2.45) is 0 Å². The summed E-state index contributed by atoms with van der Waals surface area (Å²) < 4.78 is 11.1. The molecule has 7 heteroatoms. The number of hydrogen-bond donors (Lipinski definition) is 1. The Kier molecular flexibility index (Phi) is 5.71. The SMILES string of the molecule is COc1cc2c(Cl)ncnc2cc1OCC(O)CN1CCCCC1. The number of hydrogen-bond acceptors (Lipinski definition) is 6. The van der Waals surface area contributed by atoms with Gasteiger partial charge < -0.3 is 19.5 Å². The van der Waals surface area contributed by atoms with Crippen molar-refractivity contribution in [1.82, 2.24) is 14.9 Å². The minimum Gasteiger partial charge on any atom is -0.493 e. The second-order valence-electron chi connectivity index (χ2n) is 6.01. The van der Waals surface area contributed by atoms with Crippen molar-refractivity contribution >= 4 is 22.5 Å². The third kappa shape index (κ3) is 4.06. The number of halogens is 1. The number of rotatable bonds is 6. The molecule has 1 atom stereocenters. The Bertz CT molecular complexity index is 692. The van der Waals surface area contributed by atoms with Gasteiger partial charge in [0.1, 0.15) is 24.2 Å². The molecular formula is C17H22ClN3O3. The quantitative estimate of drug-likeness (QED) is 0.807. The van der Waals surface area contributed by atoms with E-state index in [2.05, 4.69) is 14.9 Å². The lowest BCUT2D eigenvalue weighted by molar-refractivity contribution is 0.0609. The van der Waals surface area contributed by atoms with Gasteiger partial charge in [0, 0.05) is 18.0 Å². The highest BCUT2D eigenvalue weighted by molar-refractivity contribution is 6.34. The van der Waals surface area contributed by atoms with Crippen LogP contribution in [0.3, 0.4) is 0 Å². The number of benzene rings is 1. The van der Waals surface area contributed by atoms with E-state index in [1.807, 2.05) is 0 Å². The Labute approximate surface area is 146 Å². The lowest BCUT2D eigenvalue weighted by atomic mass is 10.1. The Morgan fingerprint density at radius 1 is 1.21 bits per heavy atom. The van der Waals surface area contributed by atoms with Crippen molar-refractivity contribution in [3.05, 3.63) is 23.6 Å². The third-order valence-corrected chi connectivity index (χ3v) is 4.52. The first kappa shape index (κ1) is 17.2. The van der Waals surface area contributed by atoms with Gasteiger partial charge in [0.05, 0.1) is 12.6 Å². The number of piperidine rings is 1. The maximum atomic E-state index is 10.2. The van der Waals surface area contributed by atoms with Crippen LogP contribution in [-0.2, 0) is 0 Å². The summed E-state index contributed by atoms with van der Waals surface area (Å²) >= 11 is 6.08. The number of nitrogens with zero attached hydrogens (tertiary/aromatic N) is 3. The predicted octanol–water partition coefficient (Wildman–Crippen LogP) is 2.52. The molecular weight excluding hydrogens is 330 g/mol. The number of methoxy groups -OCH3 is 1. The summed E-state index contributed by atoms with van der Waals surface area (Å²) in [6, 6.07) is 3.51. The molecule has 3 rings (SSSR count). The van der Waals surface area contributed by atoms with E-state index >= 15 is 0 Å². The number of likely N-dealkylation sites (tertiary alicyclic amines) is 1. The summed E-state index contributed by atoms with van der Waals surface area (Å²) in [7, 11) is 1.57. The van der Waals surface area contributed by atoms with Gasteiger partial charge in [-0.3, -0.25) is 0 Å². The van der Waals surface area contributed by atoms with E-state index < -0.39 is 6.10 Å². The van der Waals surface area contributed by atoms with Crippen LogP contribution in [0.25, 0.3) is 10.9 Å². The number of fused-ring (bicyclic) bond motifs is 1. The molecule has 1 N–H and O–H groups in total. The standard InChI is InChI=1S/C17H22ClN3O3/c1-23-15-7-13-14(19-11-20-17(13)18)8-16(15)24-10-12(22)9-21-5-3-2-4-6-21/h7-8,11-12,22H,2-6,9-10H2,1H3. The summed E-state index contributed by atoms with van der Waals surface area (Å²) in [5.74, 6) is 1.09. The Morgan fingerprint density at radius 3 is 2.75 bits per heavy atom. The topological polar surface area (TPSA) is 67.7 Å². The van der Waals surface area contributed by atoms with Crippen molar-refractivity contribution in [3.8, 4) is 11.5 Å². The van der Waals surface area contributed by atoms with E-state index in [4.69, 9.17) is 21.1 Å². The highest BCUT2D eigenvalue weighted by atomic mass is 35.5. The van der Waals surface area contributed by atoms with Gasteiger partial charge in [0.2, 0.25) is 0 Å².